The first-order chi connectivity index (χ1) is 8.08. The van der Waals surface area contributed by atoms with Crippen molar-refractivity contribution in [2.24, 2.45) is 5.92 Å². The van der Waals surface area contributed by atoms with Gasteiger partial charge < -0.3 is 15.7 Å². The molecule has 0 aliphatic heterocycles. The van der Waals surface area contributed by atoms with Crippen molar-refractivity contribution in [2.75, 3.05) is 13.1 Å². The Morgan fingerprint density at radius 3 is 2.18 bits per heavy atom. The fraction of sp³-hybridized carbons (Fsp3) is 0.727. The van der Waals surface area contributed by atoms with Crippen molar-refractivity contribution < 1.29 is 19.5 Å². The second-order valence-electron chi connectivity index (χ2n) is 4.30. The molecule has 0 heterocycles. The highest BCUT2D eigenvalue weighted by molar-refractivity contribution is 5.86. The van der Waals surface area contributed by atoms with Crippen LogP contribution >= 0.6 is 0 Å². The summed E-state index contributed by atoms with van der Waals surface area (Å²) in [5.74, 6) is -1.28. The lowest BCUT2D eigenvalue weighted by molar-refractivity contribution is -0.137. The zero-order chi connectivity index (χ0) is 12.7. The van der Waals surface area contributed by atoms with Crippen LogP contribution in [0, 0.1) is 5.92 Å². The van der Waals surface area contributed by atoms with Crippen LogP contribution in [-0.4, -0.2) is 36.0 Å². The molecule has 1 rings (SSSR count). The van der Waals surface area contributed by atoms with Gasteiger partial charge in [0.15, 0.2) is 0 Å². The first-order valence-corrected chi connectivity index (χ1v) is 5.83. The van der Waals surface area contributed by atoms with Crippen LogP contribution in [0.15, 0.2) is 0 Å². The van der Waals surface area contributed by atoms with Crippen LogP contribution in [0.5, 0.6) is 0 Å². The topological polar surface area (TPSA) is 95.5 Å². The van der Waals surface area contributed by atoms with Crippen LogP contribution in [0.4, 0.5) is 0 Å². The van der Waals surface area contributed by atoms with Gasteiger partial charge in [0.05, 0.1) is 6.54 Å². The second kappa shape index (κ2) is 6.88. The molecule has 1 aliphatic carbocycles. The third-order valence-corrected chi connectivity index (χ3v) is 2.83. The van der Waals surface area contributed by atoms with Crippen molar-refractivity contribution in [3.63, 3.8) is 0 Å². The molecule has 6 nitrogen and oxygen atoms in total. The molecule has 6 heteroatoms. The number of hydrogen-bond donors (Lipinski definition) is 3. The molecule has 0 saturated heterocycles. The number of carbonyl (C=O) groups is 3. The Hall–Kier alpha value is -1.59. The summed E-state index contributed by atoms with van der Waals surface area (Å²) in [6, 6.07) is 0. The number of hydrogen-bond acceptors (Lipinski definition) is 3. The molecule has 2 amide bonds. The molecule has 0 radical (unpaired) electrons. The summed E-state index contributed by atoms with van der Waals surface area (Å²) in [7, 11) is 0. The van der Waals surface area contributed by atoms with Crippen LogP contribution < -0.4 is 10.6 Å². The Kier molecular flexibility index (Phi) is 5.45. The summed E-state index contributed by atoms with van der Waals surface area (Å²) in [5.41, 5.74) is 0. The lowest BCUT2D eigenvalue weighted by Gasteiger charge is -2.09. The zero-order valence-electron chi connectivity index (χ0n) is 9.70. The van der Waals surface area contributed by atoms with Crippen molar-refractivity contribution in [3.8, 4) is 0 Å². The van der Waals surface area contributed by atoms with Crippen LogP contribution in [0.3, 0.4) is 0 Å². The van der Waals surface area contributed by atoms with Gasteiger partial charge >= 0.3 is 5.97 Å². The van der Waals surface area contributed by atoms with E-state index < -0.39 is 18.4 Å². The molecule has 0 atom stereocenters. The molecule has 17 heavy (non-hydrogen) atoms. The minimum atomic E-state index is -1.10. The Morgan fingerprint density at radius 1 is 1.00 bits per heavy atom. The predicted octanol–water partition coefficient (Wildman–Crippen LogP) is -0.116. The van der Waals surface area contributed by atoms with Gasteiger partial charge in [0.2, 0.25) is 11.8 Å². The fourth-order valence-electron chi connectivity index (χ4n) is 1.96. The molecule has 96 valence electrons. The van der Waals surface area contributed by atoms with E-state index >= 15 is 0 Å². The molecule has 1 fully saturated rings. The van der Waals surface area contributed by atoms with Gasteiger partial charge in [-0.05, 0) is 18.8 Å². The average Bonchev–Trinajstić information content (AvgIpc) is 2.76. The normalized spacial score (nSPS) is 15.5. The summed E-state index contributed by atoms with van der Waals surface area (Å²) < 4.78 is 0. The van der Waals surface area contributed by atoms with E-state index in [1.165, 1.54) is 12.8 Å². The maximum Gasteiger partial charge on any atom is 0.322 e. The maximum absolute atomic E-state index is 11.4. The summed E-state index contributed by atoms with van der Waals surface area (Å²) in [5, 5.41) is 13.0. The average molecular weight is 242 g/mol. The number of carboxylic acid groups (broad SMARTS) is 1. The van der Waals surface area contributed by atoms with Gasteiger partial charge in [-0.15, -0.1) is 0 Å². The minimum Gasteiger partial charge on any atom is -0.480 e. The second-order valence-corrected chi connectivity index (χ2v) is 4.30. The number of carbonyl (C=O) groups excluding carboxylic acids is 2. The SMILES string of the molecule is O=C(O)CNC(=O)CNC(=O)CC1CCCC1. The first-order valence-electron chi connectivity index (χ1n) is 5.83. The number of rotatable bonds is 6. The number of aliphatic carboxylic acids is 1. The molecule has 3 N–H and O–H groups in total. The van der Waals surface area contributed by atoms with Crippen molar-refractivity contribution in [2.45, 2.75) is 32.1 Å². The minimum absolute atomic E-state index is 0.137. The zero-order valence-corrected chi connectivity index (χ0v) is 9.70. The first kappa shape index (κ1) is 13.5. The third-order valence-electron chi connectivity index (χ3n) is 2.83. The fourth-order valence-corrected chi connectivity index (χ4v) is 1.96. The van der Waals surface area contributed by atoms with E-state index in [0.29, 0.717) is 12.3 Å². The molecular weight excluding hydrogens is 224 g/mol. The molecule has 1 saturated carbocycles. The largest absolute Gasteiger partial charge is 0.480 e. The van der Waals surface area contributed by atoms with Crippen molar-refractivity contribution in [1.29, 1.82) is 0 Å². The van der Waals surface area contributed by atoms with Gasteiger partial charge in [-0.3, -0.25) is 14.4 Å². The Morgan fingerprint density at radius 2 is 1.59 bits per heavy atom. The summed E-state index contributed by atoms with van der Waals surface area (Å²) in [6.07, 6.45) is 4.98. The van der Waals surface area contributed by atoms with E-state index in [9.17, 15) is 14.4 Å². The molecule has 1 aliphatic rings. The molecule has 0 unspecified atom stereocenters. The molecule has 0 aromatic carbocycles. The van der Waals surface area contributed by atoms with Gasteiger partial charge in [-0.2, -0.15) is 0 Å². The van der Waals surface area contributed by atoms with Gasteiger partial charge in [0.1, 0.15) is 6.54 Å². The lowest BCUT2D eigenvalue weighted by Crippen LogP contribution is -2.39. The summed E-state index contributed by atoms with van der Waals surface area (Å²) in [6.45, 7) is -0.573. The summed E-state index contributed by atoms with van der Waals surface area (Å²) in [4.78, 5) is 32.7. The quantitative estimate of drug-likeness (QED) is 0.605. The maximum atomic E-state index is 11.4. The van der Waals surface area contributed by atoms with E-state index in [-0.39, 0.29) is 12.5 Å². The standard InChI is InChI=1S/C11H18N2O4/c14-9(5-8-3-1-2-4-8)12-6-10(15)13-7-11(16)17/h8H,1-7H2,(H,12,14)(H,13,15)(H,16,17). The Labute approximate surface area is 99.8 Å². The highest BCUT2D eigenvalue weighted by atomic mass is 16.4. The van der Waals surface area contributed by atoms with Gasteiger partial charge in [0.25, 0.3) is 0 Å². The van der Waals surface area contributed by atoms with E-state index in [2.05, 4.69) is 10.6 Å². The highest BCUT2D eigenvalue weighted by Crippen LogP contribution is 2.27. The lowest BCUT2D eigenvalue weighted by atomic mass is 10.0. The van der Waals surface area contributed by atoms with Crippen molar-refractivity contribution >= 4 is 17.8 Å². The number of carboxylic acids is 1. The molecular formula is C11H18N2O4. The van der Waals surface area contributed by atoms with E-state index in [1.54, 1.807) is 0 Å². The van der Waals surface area contributed by atoms with Gasteiger partial charge in [-0.1, -0.05) is 12.8 Å². The molecule has 0 aromatic heterocycles. The van der Waals surface area contributed by atoms with Crippen molar-refractivity contribution in [1.82, 2.24) is 10.6 Å². The van der Waals surface area contributed by atoms with Crippen molar-refractivity contribution in [3.05, 3.63) is 0 Å². The van der Waals surface area contributed by atoms with Gasteiger partial charge in [-0.25, -0.2) is 0 Å². The van der Waals surface area contributed by atoms with Crippen LogP contribution in [0.25, 0.3) is 0 Å². The van der Waals surface area contributed by atoms with E-state index in [1.807, 2.05) is 0 Å². The number of nitrogens with one attached hydrogen (secondary N) is 2. The third kappa shape index (κ3) is 5.89. The number of amides is 2. The van der Waals surface area contributed by atoms with Crippen LogP contribution in [0.2, 0.25) is 0 Å². The Bertz CT molecular complexity index is 298. The Balaban J connectivity index is 2.10. The molecule has 0 aromatic rings. The monoisotopic (exact) mass is 242 g/mol. The van der Waals surface area contributed by atoms with Gasteiger partial charge in [0, 0.05) is 6.42 Å². The summed E-state index contributed by atoms with van der Waals surface area (Å²) >= 11 is 0. The highest BCUT2D eigenvalue weighted by Gasteiger charge is 2.18. The van der Waals surface area contributed by atoms with Crippen LogP contribution in [-0.2, 0) is 14.4 Å². The molecule has 0 spiro atoms. The smallest absolute Gasteiger partial charge is 0.322 e. The van der Waals surface area contributed by atoms with Crippen LogP contribution in [0.1, 0.15) is 32.1 Å². The molecule has 0 bridgehead atoms. The van der Waals surface area contributed by atoms with E-state index in [0.717, 1.165) is 12.8 Å². The predicted molar refractivity (Wildman–Crippen MR) is 60.2 cm³/mol. The van der Waals surface area contributed by atoms with E-state index in [4.69, 9.17) is 5.11 Å².